The molecule has 0 atom stereocenters. The number of fused-ring (bicyclic) bond motifs is 1. The Kier molecular flexibility index (Phi) is 5.27. The minimum atomic E-state index is -0.210. The SMILES string of the molecule is Cc1c(Cl)ccc2sc(N(CCN(C)C)C(=O)c3cnccn3)nc12. The molecule has 0 saturated carbocycles. The van der Waals surface area contributed by atoms with Crippen LogP contribution in [0.15, 0.2) is 30.7 Å². The molecule has 2 aromatic heterocycles. The third kappa shape index (κ3) is 3.78. The standard InChI is InChI=1S/C17H18ClN5OS/c1-11-12(18)4-5-14-15(11)21-17(25-14)23(9-8-22(2)3)16(24)13-10-19-6-7-20-13/h4-7,10H,8-9H2,1-3H3. The fourth-order valence-corrected chi connectivity index (χ4v) is 3.54. The summed E-state index contributed by atoms with van der Waals surface area (Å²) in [5.74, 6) is -0.210. The lowest BCUT2D eigenvalue weighted by Gasteiger charge is -2.21. The summed E-state index contributed by atoms with van der Waals surface area (Å²) in [6.07, 6.45) is 4.53. The van der Waals surface area contributed by atoms with Gasteiger partial charge in [-0.2, -0.15) is 0 Å². The number of hydrogen-bond donors (Lipinski definition) is 0. The van der Waals surface area contributed by atoms with E-state index in [0.717, 1.165) is 15.8 Å². The Morgan fingerprint density at radius 2 is 2.04 bits per heavy atom. The van der Waals surface area contributed by atoms with E-state index >= 15 is 0 Å². The van der Waals surface area contributed by atoms with Gasteiger partial charge in [-0.25, -0.2) is 9.97 Å². The Hall–Kier alpha value is -2.09. The highest BCUT2D eigenvalue weighted by atomic mass is 35.5. The van der Waals surface area contributed by atoms with Crippen LogP contribution in [-0.2, 0) is 0 Å². The molecule has 0 aliphatic carbocycles. The number of carbonyl (C=O) groups is 1. The zero-order valence-electron chi connectivity index (χ0n) is 14.2. The number of halogens is 1. The highest BCUT2D eigenvalue weighted by Gasteiger charge is 2.23. The molecule has 0 fully saturated rings. The summed E-state index contributed by atoms with van der Waals surface area (Å²) in [5.41, 5.74) is 2.05. The molecule has 0 aliphatic heterocycles. The molecule has 25 heavy (non-hydrogen) atoms. The van der Waals surface area contributed by atoms with E-state index in [1.165, 1.54) is 23.7 Å². The molecule has 0 bridgehead atoms. The zero-order valence-corrected chi connectivity index (χ0v) is 15.8. The predicted molar refractivity (Wildman–Crippen MR) is 102 cm³/mol. The number of amides is 1. The molecule has 0 saturated heterocycles. The lowest BCUT2D eigenvalue weighted by atomic mass is 10.2. The molecule has 0 N–H and O–H groups in total. The van der Waals surface area contributed by atoms with Gasteiger partial charge in [0.1, 0.15) is 5.69 Å². The number of anilines is 1. The topological polar surface area (TPSA) is 62.2 Å². The Morgan fingerprint density at radius 3 is 2.72 bits per heavy atom. The van der Waals surface area contributed by atoms with Gasteiger partial charge in [-0.15, -0.1) is 0 Å². The quantitative estimate of drug-likeness (QED) is 0.685. The Bertz CT molecular complexity index is 897. The molecule has 0 spiro atoms. The summed E-state index contributed by atoms with van der Waals surface area (Å²) >= 11 is 7.67. The van der Waals surface area contributed by atoms with Crippen LogP contribution in [0.4, 0.5) is 5.13 Å². The number of aromatic nitrogens is 3. The number of aryl methyl sites for hydroxylation is 1. The average molecular weight is 376 g/mol. The maximum Gasteiger partial charge on any atom is 0.280 e. The highest BCUT2D eigenvalue weighted by molar-refractivity contribution is 7.22. The maximum atomic E-state index is 12.9. The molecule has 3 rings (SSSR count). The van der Waals surface area contributed by atoms with Crippen molar-refractivity contribution in [1.82, 2.24) is 19.9 Å². The highest BCUT2D eigenvalue weighted by Crippen LogP contribution is 2.33. The van der Waals surface area contributed by atoms with Crippen molar-refractivity contribution in [2.24, 2.45) is 0 Å². The van der Waals surface area contributed by atoms with Crippen LogP contribution in [0.5, 0.6) is 0 Å². The lowest BCUT2D eigenvalue weighted by Crippen LogP contribution is -2.37. The van der Waals surface area contributed by atoms with E-state index in [-0.39, 0.29) is 5.91 Å². The minimum Gasteiger partial charge on any atom is -0.308 e. The van der Waals surface area contributed by atoms with Crippen LogP contribution >= 0.6 is 22.9 Å². The number of thiazole rings is 1. The molecule has 2 heterocycles. The van der Waals surface area contributed by atoms with Crippen LogP contribution in [0.2, 0.25) is 5.02 Å². The van der Waals surface area contributed by atoms with Crippen LogP contribution in [0.25, 0.3) is 10.2 Å². The minimum absolute atomic E-state index is 0.210. The summed E-state index contributed by atoms with van der Waals surface area (Å²) in [6, 6.07) is 3.79. The molecule has 8 heteroatoms. The van der Waals surface area contributed by atoms with Crippen molar-refractivity contribution in [3.63, 3.8) is 0 Å². The molecular weight excluding hydrogens is 358 g/mol. The Morgan fingerprint density at radius 1 is 1.24 bits per heavy atom. The average Bonchev–Trinajstić information content (AvgIpc) is 3.03. The molecule has 3 aromatic rings. The molecule has 6 nitrogen and oxygen atoms in total. The summed E-state index contributed by atoms with van der Waals surface area (Å²) in [4.78, 5) is 29.4. The van der Waals surface area contributed by atoms with Crippen molar-refractivity contribution in [3.05, 3.63) is 47.0 Å². The monoisotopic (exact) mass is 375 g/mol. The van der Waals surface area contributed by atoms with Crippen LogP contribution in [-0.4, -0.2) is 52.9 Å². The second kappa shape index (κ2) is 7.43. The van der Waals surface area contributed by atoms with Crippen molar-refractivity contribution in [2.45, 2.75) is 6.92 Å². The molecule has 1 aromatic carbocycles. The summed E-state index contributed by atoms with van der Waals surface area (Å²) < 4.78 is 0.999. The van der Waals surface area contributed by atoms with E-state index in [0.29, 0.717) is 28.9 Å². The first kappa shape index (κ1) is 17.7. The van der Waals surface area contributed by atoms with E-state index in [1.54, 1.807) is 11.1 Å². The second-order valence-electron chi connectivity index (χ2n) is 5.87. The molecule has 130 valence electrons. The predicted octanol–water partition coefficient (Wildman–Crippen LogP) is 3.26. The van der Waals surface area contributed by atoms with Gasteiger partial charge in [-0.05, 0) is 38.7 Å². The summed E-state index contributed by atoms with van der Waals surface area (Å²) in [6.45, 7) is 3.15. The number of likely N-dealkylation sites (N-methyl/N-ethyl adjacent to an activating group) is 1. The number of carbonyl (C=O) groups excluding carboxylic acids is 1. The molecular formula is C17H18ClN5OS. The Balaban J connectivity index is 2.02. The van der Waals surface area contributed by atoms with Crippen molar-refractivity contribution in [1.29, 1.82) is 0 Å². The van der Waals surface area contributed by atoms with Gasteiger partial charge in [-0.3, -0.25) is 14.7 Å². The normalized spacial score (nSPS) is 11.2. The van der Waals surface area contributed by atoms with Crippen LogP contribution in [0, 0.1) is 6.92 Å². The molecule has 1 amide bonds. The summed E-state index contributed by atoms with van der Waals surface area (Å²) in [7, 11) is 3.93. The third-order valence-electron chi connectivity index (χ3n) is 3.77. The van der Waals surface area contributed by atoms with Crippen molar-refractivity contribution < 1.29 is 4.79 Å². The molecule has 0 radical (unpaired) electrons. The van der Waals surface area contributed by atoms with Crippen molar-refractivity contribution in [2.75, 3.05) is 32.1 Å². The van der Waals surface area contributed by atoms with E-state index in [4.69, 9.17) is 11.6 Å². The smallest absolute Gasteiger partial charge is 0.280 e. The van der Waals surface area contributed by atoms with Gasteiger partial charge in [0.2, 0.25) is 0 Å². The maximum absolute atomic E-state index is 12.9. The first-order valence-electron chi connectivity index (χ1n) is 7.75. The van der Waals surface area contributed by atoms with E-state index in [9.17, 15) is 4.79 Å². The van der Waals surface area contributed by atoms with Crippen molar-refractivity contribution in [3.8, 4) is 0 Å². The van der Waals surface area contributed by atoms with Gasteiger partial charge in [0, 0.05) is 30.5 Å². The van der Waals surface area contributed by atoms with Gasteiger partial charge in [0.05, 0.1) is 16.4 Å². The largest absolute Gasteiger partial charge is 0.308 e. The lowest BCUT2D eigenvalue weighted by molar-refractivity contribution is 0.0980. The zero-order chi connectivity index (χ0) is 18.0. The van der Waals surface area contributed by atoms with Crippen LogP contribution in [0.1, 0.15) is 16.1 Å². The van der Waals surface area contributed by atoms with E-state index < -0.39 is 0 Å². The first-order valence-corrected chi connectivity index (χ1v) is 8.95. The molecule has 0 aliphatic rings. The number of hydrogen-bond acceptors (Lipinski definition) is 6. The Labute approximate surface area is 155 Å². The van der Waals surface area contributed by atoms with Gasteiger partial charge < -0.3 is 4.90 Å². The van der Waals surface area contributed by atoms with Crippen molar-refractivity contribution >= 4 is 44.2 Å². The number of nitrogens with zero attached hydrogens (tertiary/aromatic N) is 5. The van der Waals surface area contributed by atoms with Gasteiger partial charge >= 0.3 is 0 Å². The van der Waals surface area contributed by atoms with E-state index in [2.05, 4.69) is 15.0 Å². The number of rotatable bonds is 5. The van der Waals surface area contributed by atoms with Gasteiger partial charge in [0.25, 0.3) is 5.91 Å². The summed E-state index contributed by atoms with van der Waals surface area (Å²) in [5, 5.41) is 1.31. The van der Waals surface area contributed by atoms with Crippen LogP contribution in [0.3, 0.4) is 0 Å². The number of benzene rings is 1. The van der Waals surface area contributed by atoms with E-state index in [1.807, 2.05) is 38.1 Å². The fraction of sp³-hybridized carbons (Fsp3) is 0.294. The second-order valence-corrected chi connectivity index (χ2v) is 7.28. The van der Waals surface area contributed by atoms with Gasteiger partial charge in [-0.1, -0.05) is 22.9 Å². The van der Waals surface area contributed by atoms with Crippen LogP contribution < -0.4 is 4.90 Å². The first-order chi connectivity index (χ1) is 12.0. The molecule has 0 unspecified atom stereocenters. The third-order valence-corrected chi connectivity index (χ3v) is 5.22. The van der Waals surface area contributed by atoms with Gasteiger partial charge in [0.15, 0.2) is 5.13 Å². The fourth-order valence-electron chi connectivity index (χ4n) is 2.34.